The van der Waals surface area contributed by atoms with E-state index in [0.717, 1.165) is 5.56 Å². The molecule has 1 fully saturated rings. The molecule has 1 aliphatic rings. The second-order valence-corrected chi connectivity index (χ2v) is 7.57. The van der Waals surface area contributed by atoms with E-state index in [1.165, 1.54) is 9.71 Å². The van der Waals surface area contributed by atoms with Gasteiger partial charge in [0.2, 0.25) is 10.0 Å². The molecule has 0 N–H and O–H groups in total. The third-order valence-corrected chi connectivity index (χ3v) is 5.52. The minimum Gasteiger partial charge on any atom is -0.365 e. The summed E-state index contributed by atoms with van der Waals surface area (Å²) in [6.07, 6.45) is 2.62. The Morgan fingerprint density at radius 2 is 1.88 bits per heavy atom. The summed E-state index contributed by atoms with van der Waals surface area (Å²) in [5, 5.41) is 1.22. The van der Waals surface area contributed by atoms with Crippen molar-refractivity contribution in [2.24, 2.45) is 0 Å². The standard InChI is InChI=1S/C18H24N2O4S/c1-3-14-24-16(2)18(21)19-10-12-20(13-11-19)25(22,23)15-9-17-7-5-4-6-8-17/h3-9,15-16H,1,10-14H2,2H3/b15-9+. The van der Waals surface area contributed by atoms with Crippen LogP contribution in [0.15, 0.2) is 48.4 Å². The normalized spacial score (nSPS) is 17.6. The van der Waals surface area contributed by atoms with Crippen molar-refractivity contribution in [3.05, 3.63) is 54.0 Å². The fourth-order valence-corrected chi connectivity index (χ4v) is 3.69. The molecule has 0 aromatic heterocycles. The highest BCUT2D eigenvalue weighted by Crippen LogP contribution is 2.13. The molecule has 1 saturated heterocycles. The second kappa shape index (κ2) is 8.94. The Morgan fingerprint density at radius 3 is 2.48 bits per heavy atom. The van der Waals surface area contributed by atoms with E-state index >= 15 is 0 Å². The van der Waals surface area contributed by atoms with Crippen LogP contribution in [0.3, 0.4) is 0 Å². The number of ether oxygens (including phenoxy) is 1. The van der Waals surface area contributed by atoms with Crippen molar-refractivity contribution in [1.29, 1.82) is 0 Å². The molecule has 1 aliphatic heterocycles. The molecule has 0 saturated carbocycles. The number of hydrogen-bond donors (Lipinski definition) is 0. The molecule has 0 aliphatic carbocycles. The number of carbonyl (C=O) groups excluding carboxylic acids is 1. The highest BCUT2D eigenvalue weighted by Gasteiger charge is 2.29. The van der Waals surface area contributed by atoms with E-state index in [0.29, 0.717) is 19.7 Å². The molecular weight excluding hydrogens is 340 g/mol. The average molecular weight is 364 g/mol. The van der Waals surface area contributed by atoms with Crippen LogP contribution in [0.2, 0.25) is 0 Å². The van der Waals surface area contributed by atoms with Crippen LogP contribution in [0.1, 0.15) is 12.5 Å². The Morgan fingerprint density at radius 1 is 1.24 bits per heavy atom. The van der Waals surface area contributed by atoms with Crippen LogP contribution in [0, 0.1) is 0 Å². The van der Waals surface area contributed by atoms with Gasteiger partial charge in [-0.25, -0.2) is 8.42 Å². The van der Waals surface area contributed by atoms with Gasteiger partial charge in [0.1, 0.15) is 6.10 Å². The number of carbonyl (C=O) groups is 1. The molecule has 136 valence electrons. The number of benzene rings is 1. The lowest BCUT2D eigenvalue weighted by molar-refractivity contribution is -0.143. The van der Waals surface area contributed by atoms with Crippen molar-refractivity contribution >= 4 is 22.0 Å². The SMILES string of the molecule is C=CCOC(C)C(=O)N1CCN(S(=O)(=O)/C=C/c2ccccc2)CC1. The first-order chi connectivity index (χ1) is 11.9. The fraction of sp³-hybridized carbons (Fsp3) is 0.389. The lowest BCUT2D eigenvalue weighted by atomic mass is 10.2. The summed E-state index contributed by atoms with van der Waals surface area (Å²) >= 11 is 0. The van der Waals surface area contributed by atoms with Gasteiger partial charge in [0.05, 0.1) is 6.61 Å². The molecular formula is C18H24N2O4S. The number of amides is 1. The first-order valence-corrected chi connectivity index (χ1v) is 9.69. The van der Waals surface area contributed by atoms with Crippen molar-refractivity contribution in [1.82, 2.24) is 9.21 Å². The second-order valence-electron chi connectivity index (χ2n) is 5.75. The third kappa shape index (κ3) is 5.52. The summed E-state index contributed by atoms with van der Waals surface area (Å²) in [6.45, 7) is 6.83. The van der Waals surface area contributed by atoms with E-state index < -0.39 is 16.1 Å². The zero-order valence-corrected chi connectivity index (χ0v) is 15.2. The largest absolute Gasteiger partial charge is 0.365 e. The number of piperazine rings is 1. The topological polar surface area (TPSA) is 66.9 Å². The smallest absolute Gasteiger partial charge is 0.251 e. The van der Waals surface area contributed by atoms with Crippen LogP contribution in [0.5, 0.6) is 0 Å². The summed E-state index contributed by atoms with van der Waals surface area (Å²) in [7, 11) is -3.49. The Balaban J connectivity index is 1.91. The molecule has 25 heavy (non-hydrogen) atoms. The van der Waals surface area contributed by atoms with Crippen molar-refractivity contribution in [3.63, 3.8) is 0 Å². The molecule has 0 spiro atoms. The van der Waals surface area contributed by atoms with E-state index in [1.807, 2.05) is 30.3 Å². The number of nitrogens with zero attached hydrogens (tertiary/aromatic N) is 2. The molecule has 2 rings (SSSR count). The molecule has 6 nitrogen and oxygen atoms in total. The van der Waals surface area contributed by atoms with Crippen molar-refractivity contribution in [2.45, 2.75) is 13.0 Å². The van der Waals surface area contributed by atoms with Gasteiger partial charge in [-0.3, -0.25) is 4.79 Å². The predicted molar refractivity (Wildman–Crippen MR) is 98.2 cm³/mol. The molecule has 0 radical (unpaired) electrons. The van der Waals surface area contributed by atoms with Crippen LogP contribution < -0.4 is 0 Å². The summed E-state index contributed by atoms with van der Waals surface area (Å²) in [5.41, 5.74) is 0.827. The summed E-state index contributed by atoms with van der Waals surface area (Å²) < 4.78 is 31.6. The summed E-state index contributed by atoms with van der Waals surface area (Å²) in [4.78, 5) is 13.9. The molecule has 7 heteroatoms. The van der Waals surface area contributed by atoms with Gasteiger partial charge in [-0.05, 0) is 18.6 Å². The van der Waals surface area contributed by atoms with Gasteiger partial charge in [-0.15, -0.1) is 6.58 Å². The zero-order valence-electron chi connectivity index (χ0n) is 14.4. The van der Waals surface area contributed by atoms with E-state index in [1.54, 1.807) is 24.0 Å². The first kappa shape index (κ1) is 19.4. The molecule has 1 atom stereocenters. The van der Waals surface area contributed by atoms with Crippen LogP contribution >= 0.6 is 0 Å². The minimum absolute atomic E-state index is 0.126. The Labute approximate surface area is 149 Å². The number of rotatable bonds is 7. The van der Waals surface area contributed by atoms with Crippen LogP contribution in [-0.2, 0) is 19.6 Å². The van der Waals surface area contributed by atoms with E-state index in [9.17, 15) is 13.2 Å². The van der Waals surface area contributed by atoms with Crippen LogP contribution in [-0.4, -0.2) is 62.4 Å². The first-order valence-electron chi connectivity index (χ1n) is 8.18. The monoisotopic (exact) mass is 364 g/mol. The third-order valence-electron chi connectivity index (χ3n) is 3.95. The maximum absolute atomic E-state index is 12.4. The maximum atomic E-state index is 12.4. The molecule has 1 aromatic rings. The summed E-state index contributed by atoms with van der Waals surface area (Å²) in [6, 6.07) is 9.26. The van der Waals surface area contributed by atoms with Crippen molar-refractivity contribution in [3.8, 4) is 0 Å². The number of sulfonamides is 1. The van der Waals surface area contributed by atoms with Gasteiger partial charge in [-0.2, -0.15) is 4.31 Å². The highest BCUT2D eigenvalue weighted by atomic mass is 32.2. The molecule has 1 heterocycles. The zero-order chi connectivity index (χ0) is 18.3. The van der Waals surface area contributed by atoms with Crippen molar-refractivity contribution < 1.29 is 17.9 Å². The van der Waals surface area contributed by atoms with Gasteiger partial charge in [0.15, 0.2) is 0 Å². The van der Waals surface area contributed by atoms with E-state index in [2.05, 4.69) is 6.58 Å². The lowest BCUT2D eigenvalue weighted by Crippen LogP contribution is -2.52. The number of hydrogen-bond acceptors (Lipinski definition) is 4. The minimum atomic E-state index is -3.49. The predicted octanol–water partition coefficient (Wildman–Crippen LogP) is 1.72. The summed E-state index contributed by atoms with van der Waals surface area (Å²) in [5.74, 6) is -0.126. The molecule has 1 unspecified atom stereocenters. The van der Waals surface area contributed by atoms with Crippen LogP contribution in [0.4, 0.5) is 0 Å². The maximum Gasteiger partial charge on any atom is 0.251 e. The Hall–Kier alpha value is -1.96. The van der Waals surface area contributed by atoms with Gasteiger partial charge in [0, 0.05) is 31.6 Å². The molecule has 1 aromatic carbocycles. The van der Waals surface area contributed by atoms with Crippen LogP contribution in [0.25, 0.3) is 6.08 Å². The van der Waals surface area contributed by atoms with Crippen molar-refractivity contribution in [2.75, 3.05) is 32.8 Å². The van der Waals surface area contributed by atoms with Gasteiger partial charge < -0.3 is 9.64 Å². The average Bonchev–Trinajstić information content (AvgIpc) is 2.65. The Bertz CT molecular complexity index is 708. The van der Waals surface area contributed by atoms with E-state index in [4.69, 9.17) is 4.74 Å². The Kier molecular flexibility index (Phi) is 6.92. The highest BCUT2D eigenvalue weighted by molar-refractivity contribution is 7.92. The lowest BCUT2D eigenvalue weighted by Gasteiger charge is -2.34. The molecule has 1 amide bonds. The van der Waals surface area contributed by atoms with Gasteiger partial charge in [-0.1, -0.05) is 36.4 Å². The fourth-order valence-electron chi connectivity index (χ4n) is 2.52. The van der Waals surface area contributed by atoms with E-state index in [-0.39, 0.29) is 19.0 Å². The van der Waals surface area contributed by atoms with Gasteiger partial charge >= 0.3 is 0 Å². The quantitative estimate of drug-likeness (QED) is 0.691. The van der Waals surface area contributed by atoms with Gasteiger partial charge in [0.25, 0.3) is 5.91 Å². The molecule has 0 bridgehead atoms.